The van der Waals surface area contributed by atoms with Crippen LogP contribution in [0.25, 0.3) is 121 Å². The second-order valence-corrected chi connectivity index (χ2v) is 14.7. The molecule has 248 valence electrons. The van der Waals surface area contributed by atoms with Crippen molar-refractivity contribution in [1.29, 1.82) is 0 Å². The molecule has 1 aliphatic carbocycles. The van der Waals surface area contributed by atoms with Crippen LogP contribution in [0.3, 0.4) is 0 Å². The van der Waals surface area contributed by atoms with Gasteiger partial charge in [0.25, 0.3) is 0 Å². The van der Waals surface area contributed by atoms with Crippen molar-refractivity contribution in [2.75, 3.05) is 0 Å². The molecular weight excluding hydrogens is 649 g/mol. The zero-order valence-corrected chi connectivity index (χ0v) is 29.5. The molecule has 0 unspecified atom stereocenters. The standard InChI is InChI=1S/C54H32/c1-4-15-33(16-5-1)37-23-10-11-24-40(37)49-44-28-14-26-42-41-25-12-21-36-22-13-27-43(47(36)41)52(50(42)44)54-46-32-30-39(35-19-8-3-9-20-35)48-38(34-17-6-2-7-18-34)29-31-45(51(46)48)53(49)54/h1-32H. The highest BCUT2D eigenvalue weighted by atomic mass is 14.3. The van der Waals surface area contributed by atoms with Gasteiger partial charge >= 0.3 is 0 Å². The van der Waals surface area contributed by atoms with Crippen molar-refractivity contribution in [3.8, 4) is 66.8 Å². The first-order valence-electron chi connectivity index (χ1n) is 18.9. The Bertz CT molecular complexity index is 3230. The predicted octanol–water partition coefficient (Wildman–Crippen LogP) is 15.2. The maximum absolute atomic E-state index is 2.42. The van der Waals surface area contributed by atoms with E-state index < -0.39 is 0 Å². The highest BCUT2D eigenvalue weighted by Crippen LogP contribution is 2.60. The first kappa shape index (κ1) is 29.5. The summed E-state index contributed by atoms with van der Waals surface area (Å²) < 4.78 is 0. The highest BCUT2D eigenvalue weighted by Gasteiger charge is 2.33. The van der Waals surface area contributed by atoms with E-state index in [-0.39, 0.29) is 0 Å². The summed E-state index contributed by atoms with van der Waals surface area (Å²) in [7, 11) is 0. The van der Waals surface area contributed by atoms with Crippen LogP contribution in [0, 0.1) is 0 Å². The molecule has 0 saturated carbocycles. The average molecular weight is 681 g/mol. The lowest BCUT2D eigenvalue weighted by atomic mass is 9.79. The molecule has 11 aromatic carbocycles. The topological polar surface area (TPSA) is 0 Å². The first-order valence-corrected chi connectivity index (χ1v) is 18.9. The number of hydrogen-bond donors (Lipinski definition) is 0. The van der Waals surface area contributed by atoms with Gasteiger partial charge in [-0.3, -0.25) is 0 Å². The molecular formula is C54H32. The normalized spacial score (nSPS) is 12.1. The van der Waals surface area contributed by atoms with Crippen molar-refractivity contribution >= 4 is 53.9 Å². The van der Waals surface area contributed by atoms with Crippen LogP contribution < -0.4 is 0 Å². The summed E-state index contributed by atoms with van der Waals surface area (Å²) in [6.07, 6.45) is 0. The molecule has 0 bridgehead atoms. The molecule has 0 heteroatoms. The lowest BCUT2D eigenvalue weighted by Crippen LogP contribution is -1.95. The Morgan fingerprint density at radius 1 is 0.185 bits per heavy atom. The van der Waals surface area contributed by atoms with Gasteiger partial charge in [-0.1, -0.05) is 194 Å². The van der Waals surface area contributed by atoms with E-state index in [1.165, 1.54) is 121 Å². The van der Waals surface area contributed by atoms with Gasteiger partial charge in [0.15, 0.2) is 0 Å². The molecule has 1 aliphatic rings. The van der Waals surface area contributed by atoms with Crippen molar-refractivity contribution in [2.45, 2.75) is 0 Å². The van der Waals surface area contributed by atoms with Crippen LogP contribution in [0.2, 0.25) is 0 Å². The second-order valence-electron chi connectivity index (χ2n) is 14.7. The molecule has 0 aliphatic heterocycles. The fourth-order valence-corrected chi connectivity index (χ4v) is 9.82. The predicted molar refractivity (Wildman–Crippen MR) is 231 cm³/mol. The Morgan fingerprint density at radius 2 is 0.630 bits per heavy atom. The summed E-state index contributed by atoms with van der Waals surface area (Å²) in [4.78, 5) is 0. The van der Waals surface area contributed by atoms with Crippen molar-refractivity contribution in [2.24, 2.45) is 0 Å². The van der Waals surface area contributed by atoms with Gasteiger partial charge in [0, 0.05) is 0 Å². The van der Waals surface area contributed by atoms with Gasteiger partial charge in [-0.05, 0) is 121 Å². The third-order valence-electron chi connectivity index (χ3n) is 11.9. The van der Waals surface area contributed by atoms with Crippen LogP contribution in [0.5, 0.6) is 0 Å². The van der Waals surface area contributed by atoms with Gasteiger partial charge < -0.3 is 0 Å². The van der Waals surface area contributed by atoms with Crippen molar-refractivity contribution in [1.82, 2.24) is 0 Å². The van der Waals surface area contributed by atoms with E-state index in [0.717, 1.165) is 0 Å². The maximum Gasteiger partial charge on any atom is -0.000695 e. The van der Waals surface area contributed by atoms with Crippen molar-refractivity contribution < 1.29 is 0 Å². The van der Waals surface area contributed by atoms with Gasteiger partial charge in [-0.2, -0.15) is 0 Å². The third kappa shape index (κ3) is 3.97. The molecule has 0 amide bonds. The molecule has 0 heterocycles. The zero-order valence-electron chi connectivity index (χ0n) is 29.5. The number of fused-ring (bicyclic) bond motifs is 6. The Hall–Kier alpha value is -7.02. The minimum Gasteiger partial charge on any atom is -0.0622 e. The number of hydrogen-bond acceptors (Lipinski definition) is 0. The van der Waals surface area contributed by atoms with E-state index in [2.05, 4.69) is 194 Å². The number of rotatable bonds is 4. The molecule has 11 aromatic rings. The summed E-state index contributed by atoms with van der Waals surface area (Å²) >= 11 is 0. The van der Waals surface area contributed by atoms with E-state index in [1.807, 2.05) is 0 Å². The van der Waals surface area contributed by atoms with Crippen LogP contribution in [-0.4, -0.2) is 0 Å². The molecule has 0 radical (unpaired) electrons. The molecule has 0 fully saturated rings. The van der Waals surface area contributed by atoms with Crippen LogP contribution >= 0.6 is 0 Å². The lowest BCUT2D eigenvalue weighted by molar-refractivity contribution is 1.60. The molecule has 54 heavy (non-hydrogen) atoms. The van der Waals surface area contributed by atoms with E-state index in [1.54, 1.807) is 0 Å². The Balaban J connectivity index is 1.34. The van der Waals surface area contributed by atoms with Crippen LogP contribution in [0.4, 0.5) is 0 Å². The average Bonchev–Trinajstić information content (AvgIpc) is 3.58. The molecule has 0 saturated heterocycles. The van der Waals surface area contributed by atoms with E-state index in [4.69, 9.17) is 0 Å². The lowest BCUT2D eigenvalue weighted by Gasteiger charge is -2.23. The molecule has 0 N–H and O–H groups in total. The quantitative estimate of drug-likeness (QED) is 0.128. The first-order chi connectivity index (χ1) is 26.8. The Morgan fingerprint density at radius 3 is 1.26 bits per heavy atom. The van der Waals surface area contributed by atoms with E-state index >= 15 is 0 Å². The van der Waals surface area contributed by atoms with Gasteiger partial charge in [0.1, 0.15) is 0 Å². The fraction of sp³-hybridized carbons (Fsp3) is 0. The van der Waals surface area contributed by atoms with Crippen molar-refractivity contribution in [3.63, 3.8) is 0 Å². The molecule has 0 nitrogen and oxygen atoms in total. The summed E-state index contributed by atoms with van der Waals surface area (Å²) in [5.41, 5.74) is 15.3. The summed E-state index contributed by atoms with van der Waals surface area (Å²) in [5, 5.41) is 13.2. The van der Waals surface area contributed by atoms with Gasteiger partial charge in [0.05, 0.1) is 0 Å². The SMILES string of the molecule is c1ccc(-c2ccccc2-c2c3c(c4c5cccc6cccc(c7cccc2c74)c65)-c2ccc(-c4ccccc4)c4c(-c5ccccc5)ccc-3c24)cc1. The summed E-state index contributed by atoms with van der Waals surface area (Å²) in [6.45, 7) is 0. The zero-order chi connectivity index (χ0) is 35.3. The van der Waals surface area contributed by atoms with Gasteiger partial charge in [-0.25, -0.2) is 0 Å². The van der Waals surface area contributed by atoms with E-state index in [9.17, 15) is 0 Å². The minimum absolute atomic E-state index is 1.23. The molecule has 0 spiro atoms. The highest BCUT2D eigenvalue weighted by molar-refractivity contribution is 6.42. The largest absolute Gasteiger partial charge is 0.0622 e. The smallest absolute Gasteiger partial charge is 0.000695 e. The van der Waals surface area contributed by atoms with Crippen LogP contribution in [-0.2, 0) is 0 Å². The minimum atomic E-state index is 1.23. The third-order valence-corrected chi connectivity index (χ3v) is 11.9. The van der Waals surface area contributed by atoms with Crippen LogP contribution in [0.1, 0.15) is 0 Å². The Kier molecular flexibility index (Phi) is 6.15. The molecule has 12 rings (SSSR count). The fourth-order valence-electron chi connectivity index (χ4n) is 9.82. The second kappa shape index (κ2) is 11.2. The maximum atomic E-state index is 2.42. The van der Waals surface area contributed by atoms with Gasteiger partial charge in [0.2, 0.25) is 0 Å². The van der Waals surface area contributed by atoms with E-state index in [0.29, 0.717) is 0 Å². The number of benzene rings is 11. The summed E-state index contributed by atoms with van der Waals surface area (Å²) in [6, 6.07) is 72.1. The van der Waals surface area contributed by atoms with Crippen molar-refractivity contribution in [3.05, 3.63) is 194 Å². The molecule has 0 aromatic heterocycles. The summed E-state index contributed by atoms with van der Waals surface area (Å²) in [5.74, 6) is 0. The monoisotopic (exact) mass is 680 g/mol. The molecule has 0 atom stereocenters. The Labute approximate surface area is 313 Å². The van der Waals surface area contributed by atoms with Crippen LogP contribution in [0.15, 0.2) is 194 Å². The van der Waals surface area contributed by atoms with Gasteiger partial charge in [-0.15, -0.1) is 0 Å².